The summed E-state index contributed by atoms with van der Waals surface area (Å²) in [6.07, 6.45) is -9.15. The number of thiol groups is 2. The Morgan fingerprint density at radius 2 is 1.00 bits per heavy atom. The molecular formula is C14H9F6NS2. The Bertz CT molecular complexity index is 663. The predicted molar refractivity (Wildman–Crippen MR) is 80.7 cm³/mol. The molecule has 0 aliphatic heterocycles. The largest absolute Gasteiger partial charge is 0.416 e. The highest BCUT2D eigenvalue weighted by Gasteiger charge is 2.32. The second kappa shape index (κ2) is 6.20. The minimum absolute atomic E-state index is 0.0715. The Morgan fingerprint density at radius 3 is 1.30 bits per heavy atom. The van der Waals surface area contributed by atoms with E-state index in [-0.39, 0.29) is 21.2 Å². The van der Waals surface area contributed by atoms with Gasteiger partial charge in [-0.3, -0.25) is 0 Å². The highest BCUT2D eigenvalue weighted by molar-refractivity contribution is 7.80. The van der Waals surface area contributed by atoms with Crippen molar-refractivity contribution in [1.29, 1.82) is 0 Å². The van der Waals surface area contributed by atoms with E-state index in [4.69, 9.17) is 0 Å². The van der Waals surface area contributed by atoms with Gasteiger partial charge in [-0.15, -0.1) is 25.3 Å². The first-order chi connectivity index (χ1) is 10.5. The molecule has 0 bridgehead atoms. The van der Waals surface area contributed by atoms with Gasteiger partial charge in [0.25, 0.3) is 0 Å². The average molecular weight is 369 g/mol. The second-order valence-corrected chi connectivity index (χ2v) is 5.55. The van der Waals surface area contributed by atoms with Gasteiger partial charge in [0.15, 0.2) is 0 Å². The van der Waals surface area contributed by atoms with Crippen LogP contribution in [0, 0.1) is 0 Å². The van der Waals surface area contributed by atoms with Crippen LogP contribution in [0.3, 0.4) is 0 Å². The molecular weight excluding hydrogens is 360 g/mol. The number of hydrogen-bond donors (Lipinski definition) is 3. The minimum Gasteiger partial charge on any atom is -0.354 e. The molecule has 0 spiro atoms. The van der Waals surface area contributed by atoms with Crippen LogP contribution >= 0.6 is 25.3 Å². The molecule has 9 heteroatoms. The van der Waals surface area contributed by atoms with E-state index in [1.165, 1.54) is 0 Å². The van der Waals surface area contributed by atoms with E-state index in [0.29, 0.717) is 0 Å². The van der Waals surface area contributed by atoms with Crippen LogP contribution in [0.4, 0.5) is 37.7 Å². The van der Waals surface area contributed by atoms with Crippen LogP contribution in [0.2, 0.25) is 0 Å². The third-order valence-electron chi connectivity index (χ3n) is 2.92. The monoisotopic (exact) mass is 369 g/mol. The molecule has 0 saturated heterocycles. The van der Waals surface area contributed by atoms with Gasteiger partial charge >= 0.3 is 12.4 Å². The molecule has 1 nitrogen and oxygen atoms in total. The first kappa shape index (κ1) is 17.9. The van der Waals surface area contributed by atoms with E-state index < -0.39 is 23.5 Å². The van der Waals surface area contributed by atoms with Gasteiger partial charge in [0, 0.05) is 9.79 Å². The van der Waals surface area contributed by atoms with Crippen LogP contribution in [0.1, 0.15) is 11.1 Å². The van der Waals surface area contributed by atoms with Gasteiger partial charge < -0.3 is 5.32 Å². The smallest absolute Gasteiger partial charge is 0.354 e. The summed E-state index contributed by atoms with van der Waals surface area (Å²) in [5, 5.41) is 2.51. The quantitative estimate of drug-likeness (QED) is 0.433. The van der Waals surface area contributed by atoms with Crippen LogP contribution in [0.25, 0.3) is 0 Å². The number of alkyl halides is 6. The van der Waals surface area contributed by atoms with Crippen molar-refractivity contribution in [2.45, 2.75) is 22.1 Å². The third-order valence-corrected chi connectivity index (χ3v) is 3.70. The summed E-state index contributed by atoms with van der Waals surface area (Å²) in [5.74, 6) is 0. The van der Waals surface area contributed by atoms with Crippen molar-refractivity contribution < 1.29 is 26.3 Å². The summed E-state index contributed by atoms with van der Waals surface area (Å²) in [7, 11) is 0. The van der Waals surface area contributed by atoms with Crippen molar-refractivity contribution in [1.82, 2.24) is 0 Å². The number of halogens is 6. The SMILES string of the molecule is FC(F)(F)c1ccc(S)c(Nc2cc(C(F)(F)F)ccc2S)c1. The van der Waals surface area contributed by atoms with E-state index in [9.17, 15) is 26.3 Å². The molecule has 124 valence electrons. The lowest BCUT2D eigenvalue weighted by Crippen LogP contribution is -2.07. The maximum Gasteiger partial charge on any atom is 0.416 e. The van der Waals surface area contributed by atoms with Crippen LogP contribution in [-0.2, 0) is 12.4 Å². The van der Waals surface area contributed by atoms with Crippen LogP contribution < -0.4 is 5.32 Å². The topological polar surface area (TPSA) is 12.0 Å². The molecule has 0 atom stereocenters. The van der Waals surface area contributed by atoms with Gasteiger partial charge in [-0.05, 0) is 36.4 Å². The fourth-order valence-corrected chi connectivity index (χ4v) is 2.16. The lowest BCUT2D eigenvalue weighted by molar-refractivity contribution is -0.138. The number of nitrogens with one attached hydrogen (secondary N) is 1. The zero-order valence-corrected chi connectivity index (χ0v) is 12.9. The average Bonchev–Trinajstić information content (AvgIpc) is 2.41. The molecule has 2 aromatic carbocycles. The van der Waals surface area contributed by atoms with E-state index in [1.54, 1.807) is 0 Å². The van der Waals surface area contributed by atoms with Crippen molar-refractivity contribution in [3.8, 4) is 0 Å². The van der Waals surface area contributed by atoms with Gasteiger partial charge in [-0.2, -0.15) is 26.3 Å². The Kier molecular flexibility index (Phi) is 4.81. The molecule has 0 aliphatic carbocycles. The zero-order valence-electron chi connectivity index (χ0n) is 11.1. The van der Waals surface area contributed by atoms with E-state index in [0.717, 1.165) is 36.4 Å². The summed E-state index contributed by atoms with van der Waals surface area (Å²) in [5.41, 5.74) is -2.02. The summed E-state index contributed by atoms with van der Waals surface area (Å²) in [6, 6.07) is 5.44. The maximum absolute atomic E-state index is 12.7. The Morgan fingerprint density at radius 1 is 0.652 bits per heavy atom. The fourth-order valence-electron chi connectivity index (χ4n) is 1.77. The molecule has 0 aliphatic rings. The molecule has 0 aromatic heterocycles. The standard InChI is InChI=1S/C14H9F6NS2/c15-13(16,17)7-1-3-11(22)9(5-7)21-10-6-8(14(18,19)20)2-4-12(10)23/h1-6,21-23H. The van der Waals surface area contributed by atoms with E-state index in [2.05, 4.69) is 30.6 Å². The van der Waals surface area contributed by atoms with Crippen LogP contribution in [0.5, 0.6) is 0 Å². The van der Waals surface area contributed by atoms with E-state index >= 15 is 0 Å². The fraction of sp³-hybridized carbons (Fsp3) is 0.143. The predicted octanol–water partition coefficient (Wildman–Crippen LogP) is 6.05. The first-order valence-electron chi connectivity index (χ1n) is 6.06. The third kappa shape index (κ3) is 4.29. The van der Waals surface area contributed by atoms with Gasteiger partial charge in [-0.1, -0.05) is 0 Å². The molecule has 2 aromatic rings. The Labute approximate surface area is 138 Å². The normalized spacial score (nSPS) is 12.3. The number of rotatable bonds is 2. The van der Waals surface area contributed by atoms with Crippen LogP contribution in [0.15, 0.2) is 46.2 Å². The van der Waals surface area contributed by atoms with Gasteiger partial charge in [0.05, 0.1) is 22.5 Å². The van der Waals surface area contributed by atoms with Crippen molar-refractivity contribution in [3.05, 3.63) is 47.5 Å². The highest BCUT2D eigenvalue weighted by Crippen LogP contribution is 2.37. The summed E-state index contributed by atoms with van der Waals surface area (Å²) >= 11 is 8.02. The molecule has 0 saturated carbocycles. The molecule has 0 radical (unpaired) electrons. The van der Waals surface area contributed by atoms with E-state index in [1.807, 2.05) is 0 Å². The Balaban J connectivity index is 2.43. The second-order valence-electron chi connectivity index (χ2n) is 4.58. The molecule has 2 rings (SSSR count). The van der Waals surface area contributed by atoms with Crippen LogP contribution in [-0.4, -0.2) is 0 Å². The van der Waals surface area contributed by atoms with Crippen molar-refractivity contribution in [2.24, 2.45) is 0 Å². The zero-order chi connectivity index (χ0) is 17.4. The van der Waals surface area contributed by atoms with Crippen molar-refractivity contribution in [2.75, 3.05) is 5.32 Å². The number of benzene rings is 2. The number of hydrogen-bond acceptors (Lipinski definition) is 3. The molecule has 0 fully saturated rings. The Hall–Kier alpha value is -1.48. The number of anilines is 2. The van der Waals surface area contributed by atoms with Gasteiger partial charge in [0.1, 0.15) is 0 Å². The summed E-state index contributed by atoms with van der Waals surface area (Å²) < 4.78 is 76.3. The molecule has 23 heavy (non-hydrogen) atoms. The first-order valence-corrected chi connectivity index (χ1v) is 6.95. The summed E-state index contributed by atoms with van der Waals surface area (Å²) in [4.78, 5) is 0.311. The van der Waals surface area contributed by atoms with Gasteiger partial charge in [-0.25, -0.2) is 0 Å². The highest BCUT2D eigenvalue weighted by atomic mass is 32.1. The molecule has 0 heterocycles. The van der Waals surface area contributed by atoms with Gasteiger partial charge in [0.2, 0.25) is 0 Å². The molecule has 1 N–H and O–H groups in total. The summed E-state index contributed by atoms with van der Waals surface area (Å²) in [6.45, 7) is 0. The molecule has 0 unspecified atom stereocenters. The van der Waals surface area contributed by atoms with Crippen molar-refractivity contribution >= 4 is 36.6 Å². The maximum atomic E-state index is 12.7. The van der Waals surface area contributed by atoms with Crippen molar-refractivity contribution in [3.63, 3.8) is 0 Å². The lowest BCUT2D eigenvalue weighted by atomic mass is 10.1. The lowest BCUT2D eigenvalue weighted by Gasteiger charge is -2.16. The minimum atomic E-state index is -4.57. The molecule has 0 amide bonds.